The zero-order valence-electron chi connectivity index (χ0n) is 8.15. The van der Waals surface area contributed by atoms with E-state index in [1.165, 1.54) is 16.1 Å². The van der Waals surface area contributed by atoms with Crippen molar-refractivity contribution in [2.75, 3.05) is 0 Å². The van der Waals surface area contributed by atoms with E-state index in [1.54, 1.807) is 0 Å². The summed E-state index contributed by atoms with van der Waals surface area (Å²) in [6, 6.07) is 0. The van der Waals surface area contributed by atoms with Crippen molar-refractivity contribution in [1.29, 1.82) is 0 Å². The summed E-state index contributed by atoms with van der Waals surface area (Å²) in [7, 11) is 0. The first-order chi connectivity index (χ1) is 5.79. The number of aryl methyl sites for hydroxylation is 1. The van der Waals surface area contributed by atoms with Crippen molar-refractivity contribution in [1.82, 2.24) is 4.98 Å². The van der Waals surface area contributed by atoms with Crippen LogP contribution in [0.1, 0.15) is 32.3 Å². The minimum Gasteiger partial charge on any atom is -0.361 e. The summed E-state index contributed by atoms with van der Waals surface area (Å²) < 4.78 is 0. The first-order valence-corrected chi connectivity index (χ1v) is 4.64. The summed E-state index contributed by atoms with van der Waals surface area (Å²) in [6.07, 6.45) is 8.76. The fourth-order valence-electron chi connectivity index (χ4n) is 1.40. The number of rotatable bonds is 2. The first-order valence-electron chi connectivity index (χ1n) is 4.64. The van der Waals surface area contributed by atoms with Crippen molar-refractivity contribution >= 4 is 12.2 Å². The summed E-state index contributed by atoms with van der Waals surface area (Å²) in [5.41, 5.74) is 1.34. The van der Waals surface area contributed by atoms with Crippen LogP contribution in [0.2, 0.25) is 0 Å². The predicted molar refractivity (Wildman–Crippen MR) is 54.3 cm³/mol. The molecule has 1 aromatic heterocycles. The summed E-state index contributed by atoms with van der Waals surface area (Å²) >= 11 is 0. The average Bonchev–Trinajstić information content (AvgIpc) is 2.37. The third-order valence-corrected chi connectivity index (χ3v) is 1.98. The van der Waals surface area contributed by atoms with Gasteiger partial charge >= 0.3 is 0 Å². The van der Waals surface area contributed by atoms with E-state index in [-0.39, 0.29) is 0 Å². The lowest BCUT2D eigenvalue weighted by molar-refractivity contribution is 1.22. The van der Waals surface area contributed by atoms with E-state index in [0.29, 0.717) is 0 Å². The number of aromatic amines is 1. The Hall–Kier alpha value is -0.980. The van der Waals surface area contributed by atoms with E-state index in [1.807, 2.05) is 0 Å². The highest BCUT2D eigenvalue weighted by atomic mass is 14.7. The van der Waals surface area contributed by atoms with Crippen LogP contribution in [0.5, 0.6) is 0 Å². The maximum absolute atomic E-state index is 3.27. The Labute approximate surface area is 73.8 Å². The molecule has 1 N–H and O–H groups in total. The Morgan fingerprint density at radius 3 is 2.50 bits per heavy atom. The fraction of sp³-hybridized carbons (Fsp3) is 0.455. The molecule has 0 atom stereocenters. The molecule has 0 aliphatic heterocycles. The van der Waals surface area contributed by atoms with Crippen LogP contribution in [0.15, 0.2) is 6.20 Å². The molecule has 0 spiro atoms. The Morgan fingerprint density at radius 1 is 1.25 bits per heavy atom. The van der Waals surface area contributed by atoms with Gasteiger partial charge in [-0.05, 0) is 30.5 Å². The van der Waals surface area contributed by atoms with Crippen LogP contribution in [0.3, 0.4) is 0 Å². The lowest BCUT2D eigenvalue weighted by Gasteiger charge is -1.83. The van der Waals surface area contributed by atoms with Crippen molar-refractivity contribution in [2.24, 2.45) is 0 Å². The second-order valence-corrected chi connectivity index (χ2v) is 3.02. The molecule has 12 heavy (non-hydrogen) atoms. The fourth-order valence-corrected chi connectivity index (χ4v) is 1.40. The molecule has 0 aliphatic rings. The van der Waals surface area contributed by atoms with E-state index in [4.69, 9.17) is 0 Å². The maximum atomic E-state index is 3.27. The molecule has 1 rings (SSSR count). The van der Waals surface area contributed by atoms with Crippen molar-refractivity contribution in [2.45, 2.75) is 33.6 Å². The van der Waals surface area contributed by atoms with Crippen LogP contribution in [0.4, 0.5) is 0 Å². The van der Waals surface area contributed by atoms with E-state index >= 15 is 0 Å². The maximum Gasteiger partial charge on any atom is 0.0412 e. The molecule has 1 aromatic rings. The van der Waals surface area contributed by atoms with Gasteiger partial charge < -0.3 is 4.98 Å². The molecule has 1 heteroatoms. The highest BCUT2D eigenvalue weighted by molar-refractivity contribution is 5.32. The number of hydrogen-bond acceptors (Lipinski definition) is 0. The molecule has 0 aliphatic carbocycles. The molecule has 0 bridgehead atoms. The lowest BCUT2D eigenvalue weighted by Crippen LogP contribution is -2.23. The summed E-state index contributed by atoms with van der Waals surface area (Å²) in [4.78, 5) is 3.27. The van der Waals surface area contributed by atoms with Gasteiger partial charge in [0.1, 0.15) is 0 Å². The van der Waals surface area contributed by atoms with Crippen LogP contribution in [0.25, 0.3) is 12.2 Å². The van der Waals surface area contributed by atoms with E-state index in [9.17, 15) is 0 Å². The van der Waals surface area contributed by atoms with E-state index in [0.717, 1.165) is 12.8 Å². The summed E-state index contributed by atoms with van der Waals surface area (Å²) in [6.45, 7) is 6.47. The molecule has 0 fully saturated rings. The van der Waals surface area contributed by atoms with Gasteiger partial charge in [0.2, 0.25) is 0 Å². The standard InChI is InChI=1S/C11H17N/c1-4-6-10-9(3)8-12-11(10)7-5-2/h6-8,12H,4-5H2,1-3H3/b10-6?,11-7+. The van der Waals surface area contributed by atoms with Crippen LogP contribution in [0, 0.1) is 6.92 Å². The highest BCUT2D eigenvalue weighted by Gasteiger charge is 1.90. The SMILES string of the molecule is CCC=c1c(C)c[nH]/c1=C/CC. The molecule has 0 amide bonds. The third kappa shape index (κ3) is 1.79. The van der Waals surface area contributed by atoms with E-state index < -0.39 is 0 Å². The Kier molecular flexibility index (Phi) is 3.15. The van der Waals surface area contributed by atoms with Crippen LogP contribution in [-0.4, -0.2) is 4.98 Å². The largest absolute Gasteiger partial charge is 0.361 e. The first kappa shape index (κ1) is 9.11. The van der Waals surface area contributed by atoms with Crippen molar-refractivity contribution < 1.29 is 0 Å². The van der Waals surface area contributed by atoms with Gasteiger partial charge in [0.25, 0.3) is 0 Å². The monoisotopic (exact) mass is 163 g/mol. The van der Waals surface area contributed by atoms with Gasteiger partial charge in [-0.25, -0.2) is 0 Å². The van der Waals surface area contributed by atoms with Crippen molar-refractivity contribution in [3.8, 4) is 0 Å². The Balaban J connectivity index is 3.32. The predicted octanol–water partition coefficient (Wildman–Crippen LogP) is 1.70. The number of hydrogen-bond donors (Lipinski definition) is 1. The summed E-state index contributed by atoms with van der Waals surface area (Å²) in [5, 5.41) is 2.65. The zero-order chi connectivity index (χ0) is 8.97. The third-order valence-electron chi connectivity index (χ3n) is 1.98. The minimum absolute atomic E-state index is 1.09. The van der Waals surface area contributed by atoms with Gasteiger partial charge in [-0.3, -0.25) is 0 Å². The summed E-state index contributed by atoms with van der Waals surface area (Å²) in [5.74, 6) is 0. The molecular weight excluding hydrogens is 146 g/mol. The van der Waals surface area contributed by atoms with Crippen molar-refractivity contribution in [3.63, 3.8) is 0 Å². The van der Waals surface area contributed by atoms with Gasteiger partial charge in [-0.2, -0.15) is 0 Å². The molecule has 1 nitrogen and oxygen atoms in total. The van der Waals surface area contributed by atoms with Gasteiger partial charge in [0, 0.05) is 11.5 Å². The molecule has 66 valence electrons. The number of aromatic nitrogens is 1. The number of H-pyrrole nitrogens is 1. The average molecular weight is 163 g/mol. The second-order valence-electron chi connectivity index (χ2n) is 3.02. The molecule has 1 heterocycles. The van der Waals surface area contributed by atoms with Crippen LogP contribution in [-0.2, 0) is 0 Å². The van der Waals surface area contributed by atoms with Gasteiger partial charge in [0.15, 0.2) is 0 Å². The quantitative estimate of drug-likeness (QED) is 0.683. The minimum atomic E-state index is 1.09. The number of nitrogens with one attached hydrogen (secondary N) is 1. The van der Waals surface area contributed by atoms with Gasteiger partial charge in [0.05, 0.1) is 0 Å². The van der Waals surface area contributed by atoms with Gasteiger partial charge in [-0.15, -0.1) is 0 Å². The zero-order valence-corrected chi connectivity index (χ0v) is 8.15. The topological polar surface area (TPSA) is 15.8 Å². The van der Waals surface area contributed by atoms with Gasteiger partial charge in [-0.1, -0.05) is 26.0 Å². The molecule has 0 radical (unpaired) electrons. The smallest absolute Gasteiger partial charge is 0.0412 e. The van der Waals surface area contributed by atoms with E-state index in [2.05, 4.69) is 44.1 Å². The molecule has 0 unspecified atom stereocenters. The lowest BCUT2D eigenvalue weighted by atomic mass is 10.2. The molecular formula is C11H17N. The molecule has 0 saturated heterocycles. The Bertz CT molecular complexity index is 344. The highest BCUT2D eigenvalue weighted by Crippen LogP contribution is 1.83. The van der Waals surface area contributed by atoms with Crippen LogP contribution < -0.4 is 10.6 Å². The molecule has 0 aromatic carbocycles. The second kappa shape index (κ2) is 4.15. The van der Waals surface area contributed by atoms with Crippen LogP contribution >= 0.6 is 0 Å². The normalized spacial score (nSPS) is 14.2. The van der Waals surface area contributed by atoms with Crippen molar-refractivity contribution in [3.05, 3.63) is 22.3 Å². The Morgan fingerprint density at radius 2 is 1.92 bits per heavy atom. The molecule has 0 saturated carbocycles.